The van der Waals surface area contributed by atoms with Crippen molar-refractivity contribution in [2.24, 2.45) is 0 Å². The second-order valence-corrected chi connectivity index (χ2v) is 10.7. The lowest BCUT2D eigenvalue weighted by atomic mass is 9.80. The lowest BCUT2D eigenvalue weighted by molar-refractivity contribution is 0.0699. The van der Waals surface area contributed by atoms with Crippen molar-refractivity contribution < 1.29 is 4.74 Å². The van der Waals surface area contributed by atoms with E-state index in [0.717, 1.165) is 44.2 Å². The lowest BCUT2D eigenvalue weighted by Gasteiger charge is -2.48. The molecule has 0 aromatic rings. The van der Waals surface area contributed by atoms with Crippen LogP contribution in [0.15, 0.2) is 0 Å². The molecular weight excluding hydrogens is 356 g/mol. The van der Waals surface area contributed by atoms with Gasteiger partial charge in [0.2, 0.25) is 0 Å². The van der Waals surface area contributed by atoms with E-state index in [0.29, 0.717) is 18.2 Å². The Hall–Kier alpha value is -0.430. The highest BCUT2D eigenvalue weighted by atomic mass is 32.1. The normalized spacial score (nSPS) is 29.6. The van der Waals surface area contributed by atoms with Crippen LogP contribution in [0.5, 0.6) is 0 Å². The second-order valence-electron chi connectivity index (χ2n) is 10.3. The van der Waals surface area contributed by atoms with E-state index in [4.69, 9.17) is 17.0 Å². The van der Waals surface area contributed by atoms with E-state index >= 15 is 0 Å². The number of likely N-dealkylation sites (tertiary alicyclic amines) is 1. The summed E-state index contributed by atoms with van der Waals surface area (Å²) in [6, 6.07) is 0.954. The Balaban J connectivity index is 1.66. The fourth-order valence-electron chi connectivity index (χ4n) is 5.39. The van der Waals surface area contributed by atoms with Crippen molar-refractivity contribution in [3.63, 3.8) is 0 Å². The van der Waals surface area contributed by atoms with Crippen molar-refractivity contribution in [3.8, 4) is 0 Å². The molecule has 156 valence electrons. The Labute approximate surface area is 171 Å². The van der Waals surface area contributed by atoms with Crippen molar-refractivity contribution in [2.75, 3.05) is 33.3 Å². The summed E-state index contributed by atoms with van der Waals surface area (Å²) in [7, 11) is 2.22. The number of nitrogens with one attached hydrogen (secondary N) is 2. The van der Waals surface area contributed by atoms with E-state index in [1.807, 2.05) is 0 Å². The zero-order chi connectivity index (χ0) is 19.7. The number of ether oxygens (including phenoxy) is 1. The molecule has 3 aliphatic heterocycles. The average Bonchev–Trinajstić information content (AvgIpc) is 3.03. The number of piperidine rings is 2. The van der Waals surface area contributed by atoms with Crippen LogP contribution >= 0.6 is 12.2 Å². The molecule has 0 radical (unpaired) electrons. The fourth-order valence-corrected chi connectivity index (χ4v) is 5.78. The van der Waals surface area contributed by atoms with Gasteiger partial charge in [0.25, 0.3) is 0 Å². The molecule has 3 saturated heterocycles. The minimum atomic E-state index is 0.127. The number of hydrogen-bond donors (Lipinski definition) is 2. The molecule has 0 aromatic carbocycles. The third kappa shape index (κ3) is 6.02. The van der Waals surface area contributed by atoms with Crippen LogP contribution in [0, 0.1) is 0 Å². The zero-order valence-electron chi connectivity index (χ0n) is 18.0. The molecular formula is C21H40N4OS. The predicted octanol–water partition coefficient (Wildman–Crippen LogP) is 2.75. The molecule has 0 bridgehead atoms. The second kappa shape index (κ2) is 8.52. The van der Waals surface area contributed by atoms with Crippen LogP contribution in [-0.4, -0.2) is 77.5 Å². The van der Waals surface area contributed by atoms with E-state index < -0.39 is 0 Å². The maximum Gasteiger partial charge on any atom is 0.169 e. The molecule has 3 aliphatic rings. The summed E-state index contributed by atoms with van der Waals surface area (Å²) in [4.78, 5) is 4.90. The highest BCUT2D eigenvalue weighted by molar-refractivity contribution is 7.80. The van der Waals surface area contributed by atoms with E-state index in [1.165, 1.54) is 25.7 Å². The Morgan fingerprint density at radius 1 is 1.15 bits per heavy atom. The monoisotopic (exact) mass is 396 g/mol. The first-order valence-corrected chi connectivity index (χ1v) is 11.2. The molecule has 3 heterocycles. The number of thiocarbonyl (C=S) groups is 1. The quantitative estimate of drug-likeness (QED) is 0.712. The maximum atomic E-state index is 5.98. The Morgan fingerprint density at radius 3 is 2.33 bits per heavy atom. The van der Waals surface area contributed by atoms with Crippen molar-refractivity contribution in [3.05, 3.63) is 0 Å². The summed E-state index contributed by atoms with van der Waals surface area (Å²) in [6.45, 7) is 13.4. The smallest absolute Gasteiger partial charge is 0.169 e. The van der Waals surface area contributed by atoms with Gasteiger partial charge in [0.1, 0.15) is 0 Å². The SMILES string of the molecule is CN1CCC(N(CC2CCCO2)C(=S)NC2CC(C)(C)NC(C)(C)C2)CC1. The predicted molar refractivity (Wildman–Crippen MR) is 116 cm³/mol. The molecule has 0 spiro atoms. The first-order valence-electron chi connectivity index (χ1n) is 10.8. The van der Waals surface area contributed by atoms with Crippen LogP contribution < -0.4 is 10.6 Å². The van der Waals surface area contributed by atoms with Crippen LogP contribution in [0.4, 0.5) is 0 Å². The van der Waals surface area contributed by atoms with Gasteiger partial charge in [-0.3, -0.25) is 0 Å². The molecule has 0 saturated carbocycles. The first kappa shape index (κ1) is 21.3. The van der Waals surface area contributed by atoms with Gasteiger partial charge in [-0.25, -0.2) is 0 Å². The van der Waals surface area contributed by atoms with Gasteiger partial charge in [-0.1, -0.05) is 0 Å². The van der Waals surface area contributed by atoms with Gasteiger partial charge < -0.3 is 25.2 Å². The molecule has 1 atom stereocenters. The molecule has 1 unspecified atom stereocenters. The third-order valence-electron chi connectivity index (χ3n) is 6.33. The van der Waals surface area contributed by atoms with E-state index in [2.05, 4.69) is 55.2 Å². The molecule has 0 aromatic heterocycles. The minimum absolute atomic E-state index is 0.127. The summed E-state index contributed by atoms with van der Waals surface area (Å²) < 4.78 is 5.95. The molecule has 0 amide bonds. The number of rotatable bonds is 4. The fraction of sp³-hybridized carbons (Fsp3) is 0.952. The van der Waals surface area contributed by atoms with Gasteiger partial charge >= 0.3 is 0 Å². The Bertz CT molecular complexity index is 494. The minimum Gasteiger partial charge on any atom is -0.376 e. The number of hydrogen-bond acceptors (Lipinski definition) is 4. The van der Waals surface area contributed by atoms with Gasteiger partial charge in [-0.15, -0.1) is 0 Å². The van der Waals surface area contributed by atoms with Crippen molar-refractivity contribution in [2.45, 2.75) is 95.5 Å². The third-order valence-corrected chi connectivity index (χ3v) is 6.68. The molecule has 27 heavy (non-hydrogen) atoms. The summed E-state index contributed by atoms with van der Waals surface area (Å²) >= 11 is 5.98. The standard InChI is InChI=1S/C21H40N4OS/c1-20(2)13-16(14-21(3,4)23-20)22-19(27)25(15-18-7-6-12-26-18)17-8-10-24(5)11-9-17/h16-18,23H,6-15H2,1-5H3,(H,22,27). The van der Waals surface area contributed by atoms with Crippen molar-refractivity contribution in [1.82, 2.24) is 20.4 Å². The molecule has 3 fully saturated rings. The van der Waals surface area contributed by atoms with Gasteiger partial charge in [-0.05, 0) is 98.6 Å². The van der Waals surface area contributed by atoms with Crippen LogP contribution in [0.2, 0.25) is 0 Å². The molecule has 3 rings (SSSR count). The number of nitrogens with zero attached hydrogens (tertiary/aromatic N) is 2. The van der Waals surface area contributed by atoms with Gasteiger partial charge in [0, 0.05) is 36.3 Å². The van der Waals surface area contributed by atoms with Gasteiger partial charge in [0.15, 0.2) is 5.11 Å². The van der Waals surface area contributed by atoms with Gasteiger partial charge in [0.05, 0.1) is 6.10 Å². The summed E-state index contributed by atoms with van der Waals surface area (Å²) in [5, 5.41) is 8.47. The average molecular weight is 397 g/mol. The molecule has 2 N–H and O–H groups in total. The summed E-state index contributed by atoms with van der Waals surface area (Å²) in [5.41, 5.74) is 0.254. The van der Waals surface area contributed by atoms with Gasteiger partial charge in [-0.2, -0.15) is 0 Å². The van der Waals surface area contributed by atoms with Crippen LogP contribution in [0.25, 0.3) is 0 Å². The maximum absolute atomic E-state index is 5.98. The summed E-state index contributed by atoms with van der Waals surface area (Å²) in [5.74, 6) is 0. The van der Waals surface area contributed by atoms with E-state index in [1.54, 1.807) is 0 Å². The molecule has 5 nitrogen and oxygen atoms in total. The van der Waals surface area contributed by atoms with E-state index in [9.17, 15) is 0 Å². The zero-order valence-corrected chi connectivity index (χ0v) is 18.8. The van der Waals surface area contributed by atoms with Crippen LogP contribution in [0.1, 0.15) is 66.2 Å². The molecule has 0 aliphatic carbocycles. The molecule has 6 heteroatoms. The summed E-state index contributed by atoms with van der Waals surface area (Å²) in [6.07, 6.45) is 7.25. The van der Waals surface area contributed by atoms with Crippen molar-refractivity contribution in [1.29, 1.82) is 0 Å². The lowest BCUT2D eigenvalue weighted by Crippen LogP contribution is -2.63. The largest absolute Gasteiger partial charge is 0.376 e. The topological polar surface area (TPSA) is 39.8 Å². The van der Waals surface area contributed by atoms with E-state index in [-0.39, 0.29) is 11.1 Å². The highest BCUT2D eigenvalue weighted by Gasteiger charge is 2.39. The Morgan fingerprint density at radius 2 is 1.78 bits per heavy atom. The van der Waals surface area contributed by atoms with Crippen LogP contribution in [0.3, 0.4) is 0 Å². The van der Waals surface area contributed by atoms with Crippen LogP contribution in [-0.2, 0) is 4.74 Å². The van der Waals surface area contributed by atoms with Crippen molar-refractivity contribution >= 4 is 17.3 Å². The highest BCUT2D eigenvalue weighted by Crippen LogP contribution is 2.29. The first-order chi connectivity index (χ1) is 12.6. The Kier molecular flexibility index (Phi) is 6.71.